The van der Waals surface area contributed by atoms with E-state index in [2.05, 4.69) is 9.47 Å². The summed E-state index contributed by atoms with van der Waals surface area (Å²) in [6, 6.07) is 4.62. The van der Waals surface area contributed by atoms with Crippen LogP contribution in [-0.2, 0) is 26.9 Å². The fraction of sp³-hybridized carbons (Fsp3) is 0.385. The highest BCUT2D eigenvalue weighted by atomic mass is 19.4. The lowest BCUT2D eigenvalue weighted by Gasteiger charge is -2.08. The van der Waals surface area contributed by atoms with E-state index < -0.39 is 23.9 Å². The van der Waals surface area contributed by atoms with Crippen LogP contribution in [0.2, 0.25) is 0 Å². The van der Waals surface area contributed by atoms with Gasteiger partial charge in [-0.15, -0.1) is 0 Å². The van der Waals surface area contributed by atoms with Gasteiger partial charge in [-0.25, -0.2) is 4.79 Å². The largest absolute Gasteiger partial charge is 0.516 e. The van der Waals surface area contributed by atoms with Crippen molar-refractivity contribution in [1.82, 2.24) is 0 Å². The molecular weight excluding hydrogens is 277 g/mol. The van der Waals surface area contributed by atoms with E-state index in [1.54, 1.807) is 6.92 Å². The Hall–Kier alpha value is -2.05. The van der Waals surface area contributed by atoms with Gasteiger partial charge < -0.3 is 9.47 Å². The zero-order valence-electron chi connectivity index (χ0n) is 10.7. The monoisotopic (exact) mass is 290 g/mol. The fourth-order valence-electron chi connectivity index (χ4n) is 1.44. The number of benzene rings is 1. The number of rotatable bonds is 4. The van der Waals surface area contributed by atoms with Crippen LogP contribution in [0.3, 0.4) is 0 Å². The number of carbonyl (C=O) groups excluding carboxylic acids is 2. The van der Waals surface area contributed by atoms with E-state index in [0.29, 0.717) is 5.56 Å². The normalized spacial score (nSPS) is 11.0. The Morgan fingerprint density at radius 1 is 1.25 bits per heavy atom. The molecule has 1 aromatic rings. The van der Waals surface area contributed by atoms with Gasteiger partial charge in [0.25, 0.3) is 0 Å². The molecule has 0 radical (unpaired) electrons. The average Bonchev–Trinajstić information content (AvgIpc) is 2.36. The van der Waals surface area contributed by atoms with Gasteiger partial charge in [0.2, 0.25) is 0 Å². The van der Waals surface area contributed by atoms with E-state index >= 15 is 0 Å². The second kappa shape index (κ2) is 6.93. The number of aryl methyl sites for hydroxylation is 1. The summed E-state index contributed by atoms with van der Waals surface area (Å²) < 4.78 is 46.1. The second-order valence-corrected chi connectivity index (χ2v) is 3.86. The van der Waals surface area contributed by atoms with Crippen LogP contribution < -0.4 is 0 Å². The van der Waals surface area contributed by atoms with Crippen molar-refractivity contribution in [1.29, 1.82) is 0 Å². The Labute approximate surface area is 113 Å². The summed E-state index contributed by atoms with van der Waals surface area (Å²) in [5.74, 6) is -0.846. The highest BCUT2D eigenvalue weighted by Gasteiger charge is 2.30. The first kappa shape index (κ1) is 16.0. The number of esters is 1. The summed E-state index contributed by atoms with van der Waals surface area (Å²) in [7, 11) is 0. The SMILES string of the molecule is CCOC(=O)OC(=O)CCc1cccc(C(F)(F)F)c1. The van der Waals surface area contributed by atoms with Gasteiger partial charge in [0.15, 0.2) is 0 Å². The second-order valence-electron chi connectivity index (χ2n) is 3.86. The molecule has 1 aromatic carbocycles. The molecule has 0 aromatic heterocycles. The van der Waals surface area contributed by atoms with Gasteiger partial charge in [-0.3, -0.25) is 4.79 Å². The maximum Gasteiger partial charge on any atom is 0.516 e. The van der Waals surface area contributed by atoms with Crippen LogP contribution >= 0.6 is 0 Å². The highest BCUT2D eigenvalue weighted by molar-refractivity contribution is 5.81. The topological polar surface area (TPSA) is 52.6 Å². The minimum absolute atomic E-state index is 0.0438. The van der Waals surface area contributed by atoms with Crippen molar-refractivity contribution in [3.63, 3.8) is 0 Å². The molecular formula is C13H13F3O4. The van der Waals surface area contributed by atoms with Crippen molar-refractivity contribution < 1.29 is 32.2 Å². The van der Waals surface area contributed by atoms with Gasteiger partial charge in [-0.05, 0) is 25.0 Å². The Morgan fingerprint density at radius 3 is 2.55 bits per heavy atom. The average molecular weight is 290 g/mol. The molecule has 0 bridgehead atoms. The molecule has 0 aliphatic carbocycles. The van der Waals surface area contributed by atoms with Gasteiger partial charge in [0, 0.05) is 0 Å². The minimum Gasteiger partial charge on any atom is -0.434 e. The van der Waals surface area contributed by atoms with E-state index in [9.17, 15) is 22.8 Å². The zero-order valence-corrected chi connectivity index (χ0v) is 10.7. The van der Waals surface area contributed by atoms with Crippen molar-refractivity contribution in [2.45, 2.75) is 25.9 Å². The number of halogens is 3. The van der Waals surface area contributed by atoms with Gasteiger partial charge in [0.05, 0.1) is 18.6 Å². The Morgan fingerprint density at radius 2 is 1.95 bits per heavy atom. The summed E-state index contributed by atoms with van der Waals surface area (Å²) in [5.41, 5.74) is -0.450. The smallest absolute Gasteiger partial charge is 0.434 e. The zero-order chi connectivity index (χ0) is 15.2. The summed E-state index contributed by atoms with van der Waals surface area (Å²) >= 11 is 0. The fourth-order valence-corrected chi connectivity index (χ4v) is 1.44. The van der Waals surface area contributed by atoms with Crippen LogP contribution in [0.1, 0.15) is 24.5 Å². The number of hydrogen-bond acceptors (Lipinski definition) is 4. The Bertz CT molecular complexity index is 483. The molecule has 110 valence electrons. The van der Waals surface area contributed by atoms with E-state index in [0.717, 1.165) is 12.1 Å². The number of carbonyl (C=O) groups is 2. The highest BCUT2D eigenvalue weighted by Crippen LogP contribution is 2.29. The van der Waals surface area contributed by atoms with Gasteiger partial charge >= 0.3 is 18.3 Å². The molecule has 0 aliphatic rings. The first-order chi connectivity index (χ1) is 9.32. The predicted octanol–water partition coefficient (Wildman–Crippen LogP) is 3.34. The maximum absolute atomic E-state index is 12.5. The molecule has 0 saturated carbocycles. The molecule has 0 heterocycles. The Balaban J connectivity index is 2.54. The van der Waals surface area contributed by atoms with Crippen molar-refractivity contribution >= 4 is 12.1 Å². The maximum atomic E-state index is 12.5. The molecule has 0 N–H and O–H groups in total. The van der Waals surface area contributed by atoms with Crippen molar-refractivity contribution in [2.24, 2.45) is 0 Å². The predicted molar refractivity (Wildman–Crippen MR) is 62.9 cm³/mol. The Kier molecular flexibility index (Phi) is 5.54. The molecule has 0 unspecified atom stereocenters. The van der Waals surface area contributed by atoms with Gasteiger partial charge in [-0.1, -0.05) is 18.2 Å². The molecule has 4 nitrogen and oxygen atoms in total. The molecule has 1 rings (SSSR count). The molecule has 0 saturated heterocycles. The number of hydrogen-bond donors (Lipinski definition) is 0. The molecule has 20 heavy (non-hydrogen) atoms. The van der Waals surface area contributed by atoms with Crippen LogP contribution in [0.5, 0.6) is 0 Å². The standard InChI is InChI=1S/C13H13F3O4/c1-2-19-12(18)20-11(17)7-6-9-4-3-5-10(8-9)13(14,15)16/h3-5,8H,2,6-7H2,1H3. The van der Waals surface area contributed by atoms with Crippen LogP contribution in [0, 0.1) is 0 Å². The van der Waals surface area contributed by atoms with Crippen molar-refractivity contribution in [3.05, 3.63) is 35.4 Å². The third-order valence-corrected chi connectivity index (χ3v) is 2.33. The summed E-state index contributed by atoms with van der Waals surface area (Å²) in [5, 5.41) is 0. The summed E-state index contributed by atoms with van der Waals surface area (Å²) in [6.07, 6.45) is -5.70. The summed E-state index contributed by atoms with van der Waals surface area (Å²) in [6.45, 7) is 1.62. The van der Waals surface area contributed by atoms with Crippen LogP contribution in [0.25, 0.3) is 0 Å². The van der Waals surface area contributed by atoms with Crippen molar-refractivity contribution in [2.75, 3.05) is 6.61 Å². The van der Waals surface area contributed by atoms with Crippen LogP contribution in [0.15, 0.2) is 24.3 Å². The number of alkyl halides is 3. The molecule has 0 fully saturated rings. The van der Waals surface area contributed by atoms with Crippen LogP contribution in [-0.4, -0.2) is 18.7 Å². The lowest BCUT2D eigenvalue weighted by molar-refractivity contribution is -0.139. The van der Waals surface area contributed by atoms with Crippen molar-refractivity contribution in [3.8, 4) is 0 Å². The van der Waals surface area contributed by atoms with E-state index in [1.165, 1.54) is 12.1 Å². The summed E-state index contributed by atoms with van der Waals surface area (Å²) in [4.78, 5) is 22.1. The first-order valence-electron chi connectivity index (χ1n) is 5.86. The molecule has 0 aliphatic heterocycles. The third kappa shape index (κ3) is 5.29. The quantitative estimate of drug-likeness (QED) is 0.630. The molecule has 0 spiro atoms. The van der Waals surface area contributed by atoms with Crippen LogP contribution in [0.4, 0.5) is 18.0 Å². The van der Waals surface area contributed by atoms with Gasteiger partial charge in [0.1, 0.15) is 0 Å². The lowest BCUT2D eigenvalue weighted by Crippen LogP contribution is -2.14. The lowest BCUT2D eigenvalue weighted by atomic mass is 10.1. The van der Waals surface area contributed by atoms with Gasteiger partial charge in [-0.2, -0.15) is 13.2 Å². The van der Waals surface area contributed by atoms with E-state index in [4.69, 9.17) is 0 Å². The number of ether oxygens (including phenoxy) is 2. The first-order valence-corrected chi connectivity index (χ1v) is 5.86. The molecule has 0 amide bonds. The molecule has 0 atom stereocenters. The van der Waals surface area contributed by atoms with E-state index in [1.807, 2.05) is 0 Å². The molecule has 7 heteroatoms. The van der Waals surface area contributed by atoms with E-state index in [-0.39, 0.29) is 19.4 Å². The third-order valence-electron chi connectivity index (χ3n) is 2.33. The minimum atomic E-state index is -4.43.